The molecule has 0 bridgehead atoms. The SMILES string of the molecule is COC1CC(OC)C2C(=O)[C@@]3(OC2C1Cl)C1=C(CC(C2CCC(CN(C)C)CC2)O1)C(=O)C[C@H]3C. The van der Waals surface area contributed by atoms with Gasteiger partial charge in [0.1, 0.15) is 11.9 Å². The molecule has 7 nitrogen and oxygen atoms in total. The van der Waals surface area contributed by atoms with E-state index < -0.39 is 23.0 Å². The van der Waals surface area contributed by atoms with Gasteiger partial charge >= 0.3 is 0 Å². The molecule has 0 aromatic carbocycles. The summed E-state index contributed by atoms with van der Waals surface area (Å²) < 4.78 is 24.6. The van der Waals surface area contributed by atoms with Crippen LogP contribution in [-0.4, -0.2) is 86.7 Å². The van der Waals surface area contributed by atoms with Gasteiger partial charge in [-0.05, 0) is 51.6 Å². The smallest absolute Gasteiger partial charge is 0.187 e. The average molecular weight is 510 g/mol. The third-order valence-corrected chi connectivity index (χ3v) is 9.86. The van der Waals surface area contributed by atoms with Gasteiger partial charge in [-0.1, -0.05) is 6.92 Å². The number of hydrogen-bond donors (Lipinski definition) is 0. The molecule has 3 fully saturated rings. The molecule has 8 heteroatoms. The van der Waals surface area contributed by atoms with Crippen LogP contribution in [0, 0.1) is 23.7 Å². The highest BCUT2D eigenvalue weighted by Gasteiger charge is 2.68. The summed E-state index contributed by atoms with van der Waals surface area (Å²) in [5, 5.41) is -0.474. The van der Waals surface area contributed by atoms with Gasteiger partial charge in [0.15, 0.2) is 17.2 Å². The second-order valence-electron chi connectivity index (χ2n) is 11.7. The number of carbonyl (C=O) groups excluding carboxylic acids is 2. The highest BCUT2D eigenvalue weighted by Crippen LogP contribution is 2.56. The molecule has 1 saturated heterocycles. The van der Waals surface area contributed by atoms with Gasteiger partial charge in [0.25, 0.3) is 0 Å². The Balaban J connectivity index is 1.40. The fourth-order valence-electron chi connectivity index (χ4n) is 7.50. The number of methoxy groups -OCH3 is 2. The topological polar surface area (TPSA) is 74.3 Å². The van der Waals surface area contributed by atoms with Crippen molar-refractivity contribution in [2.45, 2.75) is 87.3 Å². The Morgan fingerprint density at radius 1 is 1.06 bits per heavy atom. The van der Waals surface area contributed by atoms with E-state index in [-0.39, 0.29) is 42.2 Å². The first kappa shape index (κ1) is 25.7. The van der Waals surface area contributed by atoms with Crippen LogP contribution in [0.5, 0.6) is 0 Å². The number of Topliss-reactive ketones (excluding diaryl/α,β-unsaturated/α-hetero) is 2. The van der Waals surface area contributed by atoms with Crippen LogP contribution in [0.3, 0.4) is 0 Å². The van der Waals surface area contributed by atoms with Crippen molar-refractivity contribution < 1.29 is 28.5 Å². The number of alkyl halides is 1. The lowest BCUT2D eigenvalue weighted by molar-refractivity contribution is -0.147. The molecule has 8 atom stereocenters. The van der Waals surface area contributed by atoms with Crippen LogP contribution in [0.25, 0.3) is 0 Å². The summed E-state index contributed by atoms with van der Waals surface area (Å²) in [4.78, 5) is 29.6. The molecular weight excluding hydrogens is 470 g/mol. The van der Waals surface area contributed by atoms with E-state index in [0.717, 1.165) is 19.4 Å². The lowest BCUT2D eigenvalue weighted by Crippen LogP contribution is -2.52. The number of rotatable bonds is 5. The Kier molecular flexibility index (Phi) is 7.12. The van der Waals surface area contributed by atoms with Crippen molar-refractivity contribution in [2.75, 3.05) is 34.9 Å². The van der Waals surface area contributed by atoms with Crippen molar-refractivity contribution in [3.05, 3.63) is 11.3 Å². The third-order valence-electron chi connectivity index (χ3n) is 9.33. The molecule has 1 spiro atoms. The van der Waals surface area contributed by atoms with Crippen molar-refractivity contribution >= 4 is 23.2 Å². The first-order valence-electron chi connectivity index (χ1n) is 13.2. The second kappa shape index (κ2) is 9.71. The van der Waals surface area contributed by atoms with E-state index in [1.54, 1.807) is 14.2 Å². The van der Waals surface area contributed by atoms with Gasteiger partial charge < -0.3 is 23.8 Å². The predicted octanol–water partition coefficient (Wildman–Crippen LogP) is 3.37. The summed E-state index contributed by atoms with van der Waals surface area (Å²) in [7, 11) is 7.50. The molecule has 0 amide bonds. The molecule has 5 rings (SSSR count). The summed E-state index contributed by atoms with van der Waals surface area (Å²) in [6, 6.07) is 0. The van der Waals surface area contributed by atoms with E-state index in [9.17, 15) is 9.59 Å². The van der Waals surface area contributed by atoms with Crippen molar-refractivity contribution in [1.82, 2.24) is 4.90 Å². The molecule has 0 radical (unpaired) electrons. The van der Waals surface area contributed by atoms with Crippen LogP contribution in [0.15, 0.2) is 11.3 Å². The molecule has 5 aliphatic rings. The number of ketones is 2. The Morgan fingerprint density at radius 3 is 2.37 bits per heavy atom. The molecule has 0 aromatic rings. The minimum atomic E-state index is -1.26. The molecular formula is C27H40ClNO6. The Hall–Kier alpha value is -0.990. The molecule has 2 aliphatic heterocycles. The first-order chi connectivity index (χ1) is 16.7. The van der Waals surface area contributed by atoms with Crippen LogP contribution in [0.1, 0.15) is 51.9 Å². The zero-order chi connectivity index (χ0) is 25.1. The molecule has 2 heterocycles. The van der Waals surface area contributed by atoms with Crippen molar-refractivity contribution in [1.29, 1.82) is 0 Å². The molecule has 35 heavy (non-hydrogen) atoms. The highest BCUT2D eigenvalue weighted by molar-refractivity contribution is 6.22. The molecule has 196 valence electrons. The minimum absolute atomic E-state index is 0.0441. The van der Waals surface area contributed by atoms with E-state index in [0.29, 0.717) is 36.0 Å². The van der Waals surface area contributed by atoms with Crippen LogP contribution in [-0.2, 0) is 28.5 Å². The van der Waals surface area contributed by atoms with Gasteiger partial charge in [0.05, 0.1) is 29.6 Å². The predicted molar refractivity (Wildman–Crippen MR) is 131 cm³/mol. The van der Waals surface area contributed by atoms with E-state index >= 15 is 0 Å². The summed E-state index contributed by atoms with van der Waals surface area (Å²) in [6.45, 7) is 3.04. The van der Waals surface area contributed by atoms with E-state index in [1.807, 2.05) is 6.92 Å². The standard InChI is InChI=1S/C27H40ClNO6/c1-14-10-18(30)17-11-19(16-8-6-15(7-9-16)13-29(2)3)34-26(17)27(14)25(31)22-20(32-4)12-21(33-5)23(28)24(22)35-27/h14-16,19-24H,6-13H2,1-5H3/t14-,15?,16?,19?,20?,21?,22?,23?,24?,27-/m1/s1. The second-order valence-corrected chi connectivity index (χ2v) is 12.2. The minimum Gasteiger partial charge on any atom is -0.490 e. The van der Waals surface area contributed by atoms with Gasteiger partial charge in [-0.15, -0.1) is 11.6 Å². The van der Waals surface area contributed by atoms with Crippen LogP contribution >= 0.6 is 11.6 Å². The normalized spacial score (nSPS) is 45.7. The summed E-state index contributed by atoms with van der Waals surface area (Å²) in [6.07, 6.45) is 4.70. The molecule has 3 aliphatic carbocycles. The Bertz CT molecular complexity index is 883. The van der Waals surface area contributed by atoms with Gasteiger partial charge in [-0.2, -0.15) is 0 Å². The molecule has 0 aromatic heterocycles. The lowest BCUT2D eigenvalue weighted by Gasteiger charge is -2.39. The Morgan fingerprint density at radius 2 is 1.74 bits per heavy atom. The largest absolute Gasteiger partial charge is 0.490 e. The summed E-state index contributed by atoms with van der Waals surface area (Å²) in [5.41, 5.74) is -0.596. The van der Waals surface area contributed by atoms with Crippen molar-refractivity contribution in [3.63, 3.8) is 0 Å². The zero-order valence-corrected chi connectivity index (χ0v) is 22.4. The van der Waals surface area contributed by atoms with Gasteiger partial charge in [-0.3, -0.25) is 9.59 Å². The van der Waals surface area contributed by atoms with E-state index in [2.05, 4.69) is 19.0 Å². The summed E-state index contributed by atoms with van der Waals surface area (Å²) >= 11 is 6.81. The highest BCUT2D eigenvalue weighted by atomic mass is 35.5. The lowest BCUT2D eigenvalue weighted by atomic mass is 9.69. The van der Waals surface area contributed by atoms with E-state index in [4.69, 9.17) is 30.5 Å². The monoisotopic (exact) mass is 509 g/mol. The van der Waals surface area contributed by atoms with Crippen LogP contribution < -0.4 is 0 Å². The number of nitrogens with zero attached hydrogens (tertiary/aromatic N) is 1. The van der Waals surface area contributed by atoms with Crippen LogP contribution in [0.2, 0.25) is 0 Å². The van der Waals surface area contributed by atoms with Gasteiger partial charge in [0, 0.05) is 51.5 Å². The number of hydrogen-bond acceptors (Lipinski definition) is 7. The molecule has 6 unspecified atom stereocenters. The number of ether oxygens (including phenoxy) is 4. The average Bonchev–Trinajstić information content (AvgIpc) is 3.40. The van der Waals surface area contributed by atoms with E-state index in [1.165, 1.54) is 12.8 Å². The summed E-state index contributed by atoms with van der Waals surface area (Å²) in [5.74, 6) is 0.816. The quantitative estimate of drug-likeness (QED) is 0.526. The van der Waals surface area contributed by atoms with Crippen LogP contribution in [0.4, 0.5) is 0 Å². The van der Waals surface area contributed by atoms with Crippen molar-refractivity contribution in [3.8, 4) is 0 Å². The van der Waals surface area contributed by atoms with Gasteiger partial charge in [0.2, 0.25) is 0 Å². The fraction of sp³-hybridized carbons (Fsp3) is 0.852. The maximum Gasteiger partial charge on any atom is 0.187 e. The fourth-order valence-corrected chi connectivity index (χ4v) is 7.91. The third kappa shape index (κ3) is 4.10. The van der Waals surface area contributed by atoms with Crippen molar-refractivity contribution in [2.24, 2.45) is 23.7 Å². The number of fused-ring (bicyclic) bond motifs is 2. The number of carbonyl (C=O) groups is 2. The zero-order valence-electron chi connectivity index (χ0n) is 21.6. The maximum absolute atomic E-state index is 14.2. The first-order valence-corrected chi connectivity index (χ1v) is 13.6. The van der Waals surface area contributed by atoms with Gasteiger partial charge in [-0.25, -0.2) is 0 Å². The molecule has 0 N–H and O–H groups in total. The Labute approximate surface area is 213 Å². The number of halogens is 1. The maximum atomic E-state index is 14.2. The molecule has 2 saturated carbocycles.